The molecule has 0 unspecified atom stereocenters. The number of halogens is 2. The minimum absolute atomic E-state index is 0.00842. The summed E-state index contributed by atoms with van der Waals surface area (Å²) in [5, 5.41) is 21.1. The van der Waals surface area contributed by atoms with E-state index < -0.39 is 4.92 Å². The number of rotatable bonds is 3. The fraction of sp³-hybridized carbons (Fsp3) is 0. The van der Waals surface area contributed by atoms with Crippen LogP contribution in [0.15, 0.2) is 23.1 Å². The van der Waals surface area contributed by atoms with E-state index in [1.54, 1.807) is 0 Å². The van der Waals surface area contributed by atoms with Gasteiger partial charge in [0.25, 0.3) is 0 Å². The van der Waals surface area contributed by atoms with Crippen LogP contribution in [0.2, 0.25) is 10.3 Å². The van der Waals surface area contributed by atoms with Gasteiger partial charge in [-0.3, -0.25) is 10.1 Å². The van der Waals surface area contributed by atoms with Gasteiger partial charge in [0.05, 0.1) is 4.92 Å². The highest BCUT2D eigenvalue weighted by atomic mass is 35.5. The molecule has 0 aliphatic heterocycles. The number of aromatic nitrogens is 4. The van der Waals surface area contributed by atoms with E-state index in [9.17, 15) is 10.1 Å². The number of hydrogen-bond acceptors (Lipinski definition) is 8. The van der Waals surface area contributed by atoms with Gasteiger partial charge in [-0.15, -0.1) is 0 Å². The molecule has 0 bridgehead atoms. The zero-order chi connectivity index (χ0) is 15.0. The van der Waals surface area contributed by atoms with E-state index in [4.69, 9.17) is 23.2 Å². The van der Waals surface area contributed by atoms with Gasteiger partial charge in [0.15, 0.2) is 10.3 Å². The monoisotopic (exact) mass is 326 g/mol. The summed E-state index contributed by atoms with van der Waals surface area (Å²) < 4.78 is 4.50. The van der Waals surface area contributed by atoms with Gasteiger partial charge in [-0.2, -0.15) is 0 Å². The van der Waals surface area contributed by atoms with Crippen LogP contribution in [-0.4, -0.2) is 25.2 Å². The predicted octanol–water partition coefficient (Wildman–Crippen LogP) is 2.97. The predicted molar refractivity (Wildman–Crippen MR) is 73.8 cm³/mol. The average Bonchev–Trinajstić information content (AvgIpc) is 2.90. The summed E-state index contributed by atoms with van der Waals surface area (Å²) in [6, 6.07) is 2.94. The summed E-state index contributed by atoms with van der Waals surface area (Å²) in [7, 11) is 0. The second-order valence-electron chi connectivity index (χ2n) is 3.81. The molecule has 0 fully saturated rings. The number of fused-ring (bicyclic) bond motifs is 1. The molecule has 0 saturated heterocycles. The zero-order valence-electron chi connectivity index (χ0n) is 9.95. The van der Waals surface area contributed by atoms with Crippen molar-refractivity contribution in [1.82, 2.24) is 20.3 Å². The Bertz CT molecular complexity index is 832. The van der Waals surface area contributed by atoms with E-state index in [0.29, 0.717) is 0 Å². The fourth-order valence-corrected chi connectivity index (χ4v) is 2.12. The number of nitro groups is 1. The largest absolute Gasteiger partial charge is 0.345 e. The molecule has 2 heterocycles. The molecule has 3 aromatic rings. The normalized spacial score (nSPS) is 10.8. The van der Waals surface area contributed by atoms with Crippen LogP contribution >= 0.6 is 23.2 Å². The molecule has 3 rings (SSSR count). The number of nitrogens with zero attached hydrogens (tertiary/aromatic N) is 5. The number of anilines is 2. The van der Waals surface area contributed by atoms with Gasteiger partial charge in [0, 0.05) is 0 Å². The second-order valence-corrected chi connectivity index (χ2v) is 4.52. The van der Waals surface area contributed by atoms with E-state index in [-0.39, 0.29) is 38.4 Å². The molecule has 0 saturated carbocycles. The fourth-order valence-electron chi connectivity index (χ4n) is 1.71. The number of benzene rings is 1. The third-order valence-corrected chi connectivity index (χ3v) is 3.17. The highest BCUT2D eigenvalue weighted by molar-refractivity contribution is 6.37. The molecule has 0 spiro atoms. The molecule has 2 aromatic heterocycles. The molecular formula is C10H4Cl2N6O3. The van der Waals surface area contributed by atoms with Crippen LogP contribution < -0.4 is 5.32 Å². The van der Waals surface area contributed by atoms with Crippen molar-refractivity contribution >= 4 is 51.3 Å². The van der Waals surface area contributed by atoms with Crippen LogP contribution in [0.4, 0.5) is 17.1 Å². The molecule has 0 radical (unpaired) electrons. The topological polar surface area (TPSA) is 120 Å². The summed E-state index contributed by atoms with van der Waals surface area (Å²) in [5.41, 5.74) is 0.217. The first kappa shape index (κ1) is 13.5. The van der Waals surface area contributed by atoms with Crippen LogP contribution in [0, 0.1) is 10.1 Å². The summed E-state index contributed by atoms with van der Waals surface area (Å²) in [5.74, 6) is 0. The van der Waals surface area contributed by atoms with E-state index in [1.165, 1.54) is 18.5 Å². The first-order valence-electron chi connectivity index (χ1n) is 5.40. The molecule has 11 heteroatoms. The summed E-state index contributed by atoms with van der Waals surface area (Å²) in [6.45, 7) is 0. The lowest BCUT2D eigenvalue weighted by atomic mass is 10.2. The summed E-state index contributed by atoms with van der Waals surface area (Å²) in [6.07, 6.45) is 1.18. The summed E-state index contributed by atoms with van der Waals surface area (Å²) in [4.78, 5) is 18.2. The highest BCUT2D eigenvalue weighted by Crippen LogP contribution is 2.36. The Kier molecular flexibility index (Phi) is 3.28. The molecular weight excluding hydrogens is 323 g/mol. The lowest BCUT2D eigenvalue weighted by molar-refractivity contribution is -0.382. The molecule has 0 atom stereocenters. The number of hydrogen-bond donors (Lipinski definition) is 1. The number of nitrogens with one attached hydrogen (secondary N) is 1. The van der Waals surface area contributed by atoms with E-state index >= 15 is 0 Å². The van der Waals surface area contributed by atoms with Crippen molar-refractivity contribution in [2.75, 3.05) is 5.32 Å². The van der Waals surface area contributed by atoms with Crippen molar-refractivity contribution in [1.29, 1.82) is 0 Å². The van der Waals surface area contributed by atoms with Crippen LogP contribution in [0.25, 0.3) is 11.0 Å². The molecule has 1 N–H and O–H groups in total. The van der Waals surface area contributed by atoms with E-state index in [2.05, 4.69) is 30.2 Å². The van der Waals surface area contributed by atoms with Gasteiger partial charge in [-0.25, -0.2) is 14.6 Å². The minimum atomic E-state index is -0.611. The van der Waals surface area contributed by atoms with Crippen molar-refractivity contribution in [2.24, 2.45) is 0 Å². The minimum Gasteiger partial charge on any atom is -0.345 e. The Balaban J connectivity index is 2.16. The Hall–Kier alpha value is -2.52. The Labute approximate surface area is 126 Å². The number of nitro benzene ring substituents is 1. The third kappa shape index (κ3) is 2.32. The zero-order valence-corrected chi connectivity index (χ0v) is 11.5. The third-order valence-electron chi connectivity index (χ3n) is 2.60. The van der Waals surface area contributed by atoms with Crippen LogP contribution in [0.3, 0.4) is 0 Å². The van der Waals surface area contributed by atoms with Gasteiger partial charge >= 0.3 is 5.69 Å². The van der Waals surface area contributed by atoms with Crippen molar-refractivity contribution in [3.63, 3.8) is 0 Å². The SMILES string of the molecule is O=[N+]([O-])c1c(Nc2c(Cl)ncnc2Cl)ccc2nonc12. The standard InChI is InChI=1S/C10H4Cl2N6O3/c11-9-7(10(12)14-3-13-9)15-5-2-1-4-6(17-21-16-4)8(5)18(19)20/h1-3,15H. The maximum Gasteiger partial charge on any atom is 0.323 e. The van der Waals surface area contributed by atoms with E-state index in [0.717, 1.165) is 0 Å². The Morgan fingerprint density at radius 3 is 2.57 bits per heavy atom. The maximum absolute atomic E-state index is 11.3. The van der Waals surface area contributed by atoms with Crippen LogP contribution in [-0.2, 0) is 0 Å². The lowest BCUT2D eigenvalue weighted by Crippen LogP contribution is -2.00. The average molecular weight is 327 g/mol. The highest BCUT2D eigenvalue weighted by Gasteiger charge is 2.24. The molecule has 9 nitrogen and oxygen atoms in total. The van der Waals surface area contributed by atoms with Crippen LogP contribution in [0.5, 0.6) is 0 Å². The maximum atomic E-state index is 11.3. The molecule has 106 valence electrons. The van der Waals surface area contributed by atoms with Gasteiger partial charge in [-0.05, 0) is 22.4 Å². The van der Waals surface area contributed by atoms with Crippen molar-refractivity contribution < 1.29 is 9.55 Å². The Morgan fingerprint density at radius 2 is 1.90 bits per heavy atom. The van der Waals surface area contributed by atoms with Gasteiger partial charge in [0.2, 0.25) is 5.52 Å². The first-order valence-corrected chi connectivity index (χ1v) is 6.16. The lowest BCUT2D eigenvalue weighted by Gasteiger charge is -2.08. The van der Waals surface area contributed by atoms with Crippen molar-refractivity contribution in [3.05, 3.63) is 38.9 Å². The molecule has 21 heavy (non-hydrogen) atoms. The first-order chi connectivity index (χ1) is 10.1. The van der Waals surface area contributed by atoms with E-state index in [1.807, 2.05) is 0 Å². The molecule has 0 aliphatic rings. The molecule has 0 amide bonds. The molecule has 0 aliphatic carbocycles. The van der Waals surface area contributed by atoms with Crippen molar-refractivity contribution in [2.45, 2.75) is 0 Å². The molecule has 1 aromatic carbocycles. The smallest absolute Gasteiger partial charge is 0.323 e. The second kappa shape index (κ2) is 5.11. The van der Waals surface area contributed by atoms with Crippen LogP contribution in [0.1, 0.15) is 0 Å². The van der Waals surface area contributed by atoms with Gasteiger partial charge in [0.1, 0.15) is 23.2 Å². The van der Waals surface area contributed by atoms with Gasteiger partial charge < -0.3 is 5.32 Å². The van der Waals surface area contributed by atoms with Crippen molar-refractivity contribution in [3.8, 4) is 0 Å². The van der Waals surface area contributed by atoms with Gasteiger partial charge in [-0.1, -0.05) is 23.2 Å². The summed E-state index contributed by atoms with van der Waals surface area (Å²) >= 11 is 11.8. The quantitative estimate of drug-likeness (QED) is 0.443. The Morgan fingerprint density at radius 1 is 1.19 bits per heavy atom.